The molecule has 0 aliphatic carbocycles. The van der Waals surface area contributed by atoms with E-state index < -0.39 is 16.1 Å². The van der Waals surface area contributed by atoms with Crippen molar-refractivity contribution in [2.45, 2.75) is 4.90 Å². The summed E-state index contributed by atoms with van der Waals surface area (Å²) in [6.07, 6.45) is 2.79. The quantitative estimate of drug-likeness (QED) is 0.501. The highest BCUT2D eigenvalue weighted by molar-refractivity contribution is 7.90. The number of nitrogens with one attached hydrogen (secondary N) is 2. The molecule has 26 heavy (non-hydrogen) atoms. The van der Waals surface area contributed by atoms with Crippen LogP contribution in [0.25, 0.3) is 0 Å². The van der Waals surface area contributed by atoms with Gasteiger partial charge in [-0.1, -0.05) is 0 Å². The molecule has 0 aliphatic rings. The normalized spacial score (nSPS) is 11.1. The lowest BCUT2D eigenvalue weighted by molar-refractivity contribution is 0.104. The van der Waals surface area contributed by atoms with E-state index in [-0.39, 0.29) is 10.7 Å². The SMILES string of the molecule is COc1ccc(C(=O)C=CNc2ccc(S(=O)(=O)NC(N)=O)cc2)cc1. The van der Waals surface area contributed by atoms with Crippen LogP contribution in [-0.2, 0) is 10.0 Å². The molecule has 0 fully saturated rings. The van der Waals surface area contributed by atoms with Crippen LogP contribution in [0.2, 0.25) is 0 Å². The first-order valence-electron chi connectivity index (χ1n) is 7.35. The number of ketones is 1. The third kappa shape index (κ3) is 5.08. The number of benzene rings is 2. The van der Waals surface area contributed by atoms with Crippen molar-refractivity contribution in [1.82, 2.24) is 4.72 Å². The van der Waals surface area contributed by atoms with E-state index in [0.29, 0.717) is 17.0 Å². The van der Waals surface area contributed by atoms with E-state index in [4.69, 9.17) is 10.5 Å². The van der Waals surface area contributed by atoms with Crippen molar-refractivity contribution >= 4 is 27.5 Å². The second-order valence-electron chi connectivity index (χ2n) is 5.06. The number of rotatable bonds is 7. The fourth-order valence-corrected chi connectivity index (χ4v) is 2.86. The second kappa shape index (κ2) is 8.17. The highest BCUT2D eigenvalue weighted by Crippen LogP contribution is 2.15. The van der Waals surface area contributed by atoms with Crippen molar-refractivity contribution in [1.29, 1.82) is 0 Å². The molecule has 8 nitrogen and oxygen atoms in total. The van der Waals surface area contributed by atoms with E-state index in [0.717, 1.165) is 0 Å². The van der Waals surface area contributed by atoms with Crippen LogP contribution in [0.4, 0.5) is 10.5 Å². The van der Waals surface area contributed by atoms with E-state index >= 15 is 0 Å². The molecule has 0 heterocycles. The Labute approximate surface area is 150 Å². The molecule has 0 atom stereocenters. The summed E-state index contributed by atoms with van der Waals surface area (Å²) in [4.78, 5) is 22.6. The predicted octanol–water partition coefficient (Wildman–Crippen LogP) is 1.86. The number of anilines is 1. The minimum atomic E-state index is -3.99. The van der Waals surface area contributed by atoms with Gasteiger partial charge in [0.05, 0.1) is 12.0 Å². The Kier molecular flexibility index (Phi) is 5.97. The fourth-order valence-electron chi connectivity index (χ4n) is 1.99. The molecule has 2 aromatic carbocycles. The third-order valence-electron chi connectivity index (χ3n) is 3.26. The van der Waals surface area contributed by atoms with E-state index in [9.17, 15) is 18.0 Å². The van der Waals surface area contributed by atoms with Gasteiger partial charge >= 0.3 is 6.03 Å². The summed E-state index contributed by atoms with van der Waals surface area (Å²) in [5.41, 5.74) is 5.87. The lowest BCUT2D eigenvalue weighted by atomic mass is 10.1. The van der Waals surface area contributed by atoms with E-state index in [2.05, 4.69) is 5.32 Å². The van der Waals surface area contributed by atoms with E-state index in [1.54, 1.807) is 36.1 Å². The molecule has 0 bridgehead atoms. The maximum atomic E-state index is 12.0. The number of hydrogen-bond donors (Lipinski definition) is 3. The summed E-state index contributed by atoms with van der Waals surface area (Å²) in [6.45, 7) is 0. The Morgan fingerprint density at radius 3 is 2.19 bits per heavy atom. The summed E-state index contributed by atoms with van der Waals surface area (Å²) >= 11 is 0. The average molecular weight is 375 g/mol. The average Bonchev–Trinajstić information content (AvgIpc) is 2.61. The van der Waals surface area contributed by atoms with Crippen LogP contribution < -0.4 is 20.5 Å². The van der Waals surface area contributed by atoms with Gasteiger partial charge in [-0.05, 0) is 48.5 Å². The number of hydrogen-bond acceptors (Lipinski definition) is 6. The van der Waals surface area contributed by atoms with Crippen LogP contribution in [0.3, 0.4) is 0 Å². The molecule has 0 spiro atoms. The molecule has 136 valence electrons. The van der Waals surface area contributed by atoms with Gasteiger partial charge in [0.15, 0.2) is 5.78 Å². The number of ether oxygens (including phenoxy) is 1. The zero-order valence-corrected chi connectivity index (χ0v) is 14.6. The van der Waals surface area contributed by atoms with Gasteiger partial charge in [0.25, 0.3) is 10.0 Å². The lowest BCUT2D eigenvalue weighted by Crippen LogP contribution is -2.34. The van der Waals surface area contributed by atoms with Gasteiger partial charge in [-0.25, -0.2) is 17.9 Å². The number of amides is 2. The van der Waals surface area contributed by atoms with Crippen molar-refractivity contribution in [3.05, 3.63) is 66.4 Å². The molecule has 9 heteroatoms. The molecule has 2 aromatic rings. The van der Waals surface area contributed by atoms with Gasteiger partial charge in [0.2, 0.25) is 0 Å². The zero-order valence-electron chi connectivity index (χ0n) is 13.8. The van der Waals surface area contributed by atoms with Crippen molar-refractivity contribution in [2.24, 2.45) is 5.73 Å². The molecule has 0 unspecified atom stereocenters. The number of carbonyl (C=O) groups excluding carboxylic acids is 2. The number of sulfonamides is 1. The van der Waals surface area contributed by atoms with Gasteiger partial charge in [0, 0.05) is 23.5 Å². The minimum absolute atomic E-state index is 0.111. The van der Waals surface area contributed by atoms with Crippen LogP contribution in [-0.4, -0.2) is 27.3 Å². The summed E-state index contributed by atoms with van der Waals surface area (Å²) in [6, 6.07) is 11.1. The van der Waals surface area contributed by atoms with Crippen molar-refractivity contribution in [2.75, 3.05) is 12.4 Å². The molecule has 0 saturated carbocycles. The molecule has 0 aliphatic heterocycles. The van der Waals surface area contributed by atoms with E-state index in [1.807, 2.05) is 0 Å². The fraction of sp³-hybridized carbons (Fsp3) is 0.0588. The van der Waals surface area contributed by atoms with Gasteiger partial charge in [-0.15, -0.1) is 0 Å². The lowest BCUT2D eigenvalue weighted by Gasteiger charge is -2.06. The number of urea groups is 1. The molecule has 4 N–H and O–H groups in total. The molecular formula is C17H17N3O5S. The minimum Gasteiger partial charge on any atom is -0.497 e. The summed E-state index contributed by atoms with van der Waals surface area (Å²) in [5.74, 6) is 0.453. The Morgan fingerprint density at radius 2 is 1.65 bits per heavy atom. The Balaban J connectivity index is 1.99. The van der Waals surface area contributed by atoms with Gasteiger partial charge in [-0.3, -0.25) is 4.79 Å². The summed E-state index contributed by atoms with van der Waals surface area (Å²) in [7, 11) is -2.44. The van der Waals surface area contributed by atoms with Gasteiger partial charge in [-0.2, -0.15) is 0 Å². The third-order valence-corrected chi connectivity index (χ3v) is 4.62. The maximum Gasteiger partial charge on any atom is 0.326 e. The molecule has 0 saturated heterocycles. The largest absolute Gasteiger partial charge is 0.497 e. The van der Waals surface area contributed by atoms with Crippen LogP contribution in [0.15, 0.2) is 65.7 Å². The van der Waals surface area contributed by atoms with Crippen molar-refractivity contribution in [3.63, 3.8) is 0 Å². The maximum absolute atomic E-state index is 12.0. The molecular weight excluding hydrogens is 358 g/mol. The van der Waals surface area contributed by atoms with Gasteiger partial charge in [0.1, 0.15) is 5.75 Å². The molecule has 0 aromatic heterocycles. The molecule has 2 rings (SSSR count). The van der Waals surface area contributed by atoms with Gasteiger partial charge < -0.3 is 15.8 Å². The monoisotopic (exact) mass is 375 g/mol. The van der Waals surface area contributed by atoms with Crippen molar-refractivity contribution in [3.8, 4) is 5.75 Å². The highest BCUT2D eigenvalue weighted by Gasteiger charge is 2.15. The first kappa shape index (κ1) is 19.0. The number of carbonyl (C=O) groups is 2. The second-order valence-corrected chi connectivity index (χ2v) is 6.75. The predicted molar refractivity (Wildman–Crippen MR) is 96.4 cm³/mol. The number of primary amides is 1. The molecule has 0 radical (unpaired) electrons. The standard InChI is InChI=1S/C17H17N3O5S/c1-25-14-6-2-12(3-7-14)16(21)10-11-19-13-4-8-15(9-5-13)26(23,24)20-17(18)22/h2-11,19H,1H3,(H3,18,20,22). The number of allylic oxidation sites excluding steroid dienone is 1. The first-order chi connectivity index (χ1) is 12.3. The number of methoxy groups -OCH3 is 1. The first-order valence-corrected chi connectivity index (χ1v) is 8.84. The molecule has 2 amide bonds. The zero-order chi connectivity index (χ0) is 19.2. The van der Waals surface area contributed by atoms with Crippen molar-refractivity contribution < 1.29 is 22.7 Å². The van der Waals surface area contributed by atoms with Crippen LogP contribution >= 0.6 is 0 Å². The topological polar surface area (TPSA) is 128 Å². The smallest absolute Gasteiger partial charge is 0.326 e. The summed E-state index contributed by atoms with van der Waals surface area (Å²) < 4.78 is 30.2. The summed E-state index contributed by atoms with van der Waals surface area (Å²) in [5, 5.41) is 2.85. The Morgan fingerprint density at radius 1 is 1.04 bits per heavy atom. The van der Waals surface area contributed by atoms with Crippen LogP contribution in [0.5, 0.6) is 5.75 Å². The van der Waals surface area contributed by atoms with Crippen LogP contribution in [0, 0.1) is 0 Å². The van der Waals surface area contributed by atoms with Crippen LogP contribution in [0.1, 0.15) is 10.4 Å². The highest BCUT2D eigenvalue weighted by atomic mass is 32.2. The Bertz CT molecular complexity index is 920. The Hall–Kier alpha value is -3.33. The number of nitrogens with two attached hydrogens (primary N) is 1. The van der Waals surface area contributed by atoms with E-state index in [1.165, 1.54) is 36.5 Å².